The van der Waals surface area contributed by atoms with E-state index in [4.69, 9.17) is 14.6 Å². The molecule has 0 aliphatic heterocycles. The van der Waals surface area contributed by atoms with Crippen LogP contribution in [-0.2, 0) is 14.3 Å². The SMILES string of the molecule is COC(=O)CNC(=O)C[C@H](CC(C)C)NC(=O)c1cc(-c2c(OC)cccc2OC)n(C2CCCC2)n1. The van der Waals surface area contributed by atoms with Crippen LogP contribution in [-0.4, -0.2) is 61.5 Å². The number of rotatable bonds is 12. The minimum Gasteiger partial charge on any atom is -0.496 e. The van der Waals surface area contributed by atoms with Gasteiger partial charge in [-0.3, -0.25) is 19.1 Å². The summed E-state index contributed by atoms with van der Waals surface area (Å²) in [6.45, 7) is 3.83. The van der Waals surface area contributed by atoms with Crippen LogP contribution >= 0.6 is 0 Å². The molecule has 0 spiro atoms. The predicted octanol–water partition coefficient (Wildman–Crippen LogP) is 3.51. The number of amides is 2. The Morgan fingerprint density at radius 1 is 1.08 bits per heavy atom. The molecule has 1 aliphatic rings. The summed E-state index contributed by atoms with van der Waals surface area (Å²) in [4.78, 5) is 37.2. The van der Waals surface area contributed by atoms with Gasteiger partial charge < -0.3 is 24.8 Å². The molecule has 2 amide bonds. The third-order valence-corrected chi connectivity index (χ3v) is 6.50. The molecule has 1 saturated carbocycles. The number of carbonyl (C=O) groups excluding carboxylic acids is 3. The van der Waals surface area contributed by atoms with Crippen molar-refractivity contribution >= 4 is 17.8 Å². The molecule has 1 atom stereocenters. The number of benzene rings is 1. The summed E-state index contributed by atoms with van der Waals surface area (Å²) in [7, 11) is 4.46. The first-order valence-electron chi connectivity index (χ1n) is 12.7. The summed E-state index contributed by atoms with van der Waals surface area (Å²) >= 11 is 0. The summed E-state index contributed by atoms with van der Waals surface area (Å²) in [5, 5.41) is 10.3. The second-order valence-electron chi connectivity index (χ2n) is 9.69. The fourth-order valence-electron chi connectivity index (χ4n) is 4.78. The number of nitrogens with one attached hydrogen (secondary N) is 2. The first kappa shape index (κ1) is 28.0. The number of esters is 1. The lowest BCUT2D eigenvalue weighted by Crippen LogP contribution is -2.41. The molecule has 37 heavy (non-hydrogen) atoms. The van der Waals surface area contributed by atoms with Gasteiger partial charge in [0.05, 0.1) is 38.6 Å². The lowest BCUT2D eigenvalue weighted by atomic mass is 10.0. The van der Waals surface area contributed by atoms with Crippen molar-refractivity contribution in [2.24, 2.45) is 5.92 Å². The van der Waals surface area contributed by atoms with Crippen LogP contribution in [0.1, 0.15) is 68.9 Å². The Bertz CT molecular complexity index is 1070. The van der Waals surface area contributed by atoms with Crippen LogP contribution in [0.5, 0.6) is 11.5 Å². The Kier molecular flexibility index (Phi) is 9.93. The Hall–Kier alpha value is -3.56. The number of methoxy groups -OCH3 is 3. The number of aromatic nitrogens is 2. The van der Waals surface area contributed by atoms with E-state index in [9.17, 15) is 14.4 Å². The zero-order valence-electron chi connectivity index (χ0n) is 22.3. The lowest BCUT2D eigenvalue weighted by molar-refractivity contribution is -0.141. The number of ether oxygens (including phenoxy) is 3. The second-order valence-corrected chi connectivity index (χ2v) is 9.69. The molecular formula is C27H38N4O6. The molecule has 10 nitrogen and oxygen atoms in total. The average Bonchev–Trinajstić information content (AvgIpc) is 3.56. The van der Waals surface area contributed by atoms with Gasteiger partial charge in [0.15, 0.2) is 5.69 Å². The van der Waals surface area contributed by atoms with Gasteiger partial charge >= 0.3 is 5.97 Å². The fraction of sp³-hybridized carbons (Fsp3) is 0.556. The van der Waals surface area contributed by atoms with Gasteiger partial charge in [-0.05, 0) is 43.4 Å². The van der Waals surface area contributed by atoms with Crippen molar-refractivity contribution in [2.45, 2.75) is 64.5 Å². The minimum atomic E-state index is -0.533. The molecule has 1 fully saturated rings. The molecule has 2 aromatic rings. The molecule has 0 unspecified atom stereocenters. The standard InChI is InChI=1S/C27H38N4O6/c1-17(2)13-18(14-24(32)28-16-25(33)37-5)29-27(34)20-15-21(31(30-20)19-9-6-7-10-19)26-22(35-3)11-8-12-23(26)36-4/h8,11-12,15,17-19H,6-7,9-10,13-14,16H2,1-5H3,(H,28,32)(H,29,34)/t18-/m0/s1. The zero-order chi connectivity index (χ0) is 26.9. The van der Waals surface area contributed by atoms with Crippen molar-refractivity contribution in [3.63, 3.8) is 0 Å². The zero-order valence-corrected chi connectivity index (χ0v) is 22.3. The fourth-order valence-corrected chi connectivity index (χ4v) is 4.78. The minimum absolute atomic E-state index is 0.0391. The highest BCUT2D eigenvalue weighted by molar-refractivity contribution is 5.94. The monoisotopic (exact) mass is 514 g/mol. The van der Waals surface area contributed by atoms with Crippen LogP contribution in [0.2, 0.25) is 0 Å². The normalized spacial score (nSPS) is 14.3. The Balaban J connectivity index is 1.89. The van der Waals surface area contributed by atoms with E-state index in [2.05, 4.69) is 15.4 Å². The van der Waals surface area contributed by atoms with Crippen LogP contribution < -0.4 is 20.1 Å². The van der Waals surface area contributed by atoms with Crippen molar-refractivity contribution in [2.75, 3.05) is 27.9 Å². The highest BCUT2D eigenvalue weighted by Gasteiger charge is 2.28. The van der Waals surface area contributed by atoms with Crippen molar-refractivity contribution in [1.82, 2.24) is 20.4 Å². The van der Waals surface area contributed by atoms with Crippen molar-refractivity contribution < 1.29 is 28.6 Å². The van der Waals surface area contributed by atoms with Gasteiger partial charge in [0.25, 0.3) is 5.91 Å². The molecule has 3 rings (SSSR count). The summed E-state index contributed by atoms with van der Waals surface area (Å²) in [6, 6.07) is 7.07. The quantitative estimate of drug-likeness (QED) is 0.416. The first-order chi connectivity index (χ1) is 17.8. The maximum Gasteiger partial charge on any atom is 0.325 e. The van der Waals surface area contributed by atoms with Crippen molar-refractivity contribution in [3.8, 4) is 22.8 Å². The van der Waals surface area contributed by atoms with Crippen molar-refractivity contribution in [3.05, 3.63) is 30.0 Å². The van der Waals surface area contributed by atoms with Crippen LogP contribution in [0.4, 0.5) is 0 Å². The van der Waals surface area contributed by atoms with Gasteiger partial charge in [0.1, 0.15) is 18.0 Å². The van der Waals surface area contributed by atoms with E-state index in [1.807, 2.05) is 36.7 Å². The Morgan fingerprint density at radius 2 is 1.73 bits per heavy atom. The molecule has 1 aliphatic carbocycles. The molecule has 0 bridgehead atoms. The van der Waals surface area contributed by atoms with Crippen LogP contribution in [0.15, 0.2) is 24.3 Å². The van der Waals surface area contributed by atoms with E-state index in [1.54, 1.807) is 20.3 Å². The van der Waals surface area contributed by atoms with Gasteiger partial charge in [0, 0.05) is 12.5 Å². The van der Waals surface area contributed by atoms with Gasteiger partial charge in [0.2, 0.25) is 5.91 Å². The van der Waals surface area contributed by atoms with Gasteiger partial charge in [-0.15, -0.1) is 0 Å². The highest BCUT2D eigenvalue weighted by Crippen LogP contribution is 2.41. The molecule has 0 saturated heterocycles. The van der Waals surface area contributed by atoms with Crippen LogP contribution in [0.25, 0.3) is 11.3 Å². The third-order valence-electron chi connectivity index (χ3n) is 6.50. The Morgan fingerprint density at radius 3 is 2.30 bits per heavy atom. The molecule has 202 valence electrons. The van der Waals surface area contributed by atoms with Gasteiger partial charge in [-0.2, -0.15) is 5.10 Å². The number of nitrogens with zero attached hydrogens (tertiary/aromatic N) is 2. The molecular weight excluding hydrogens is 476 g/mol. The van der Waals surface area contributed by atoms with E-state index in [0.29, 0.717) is 17.9 Å². The maximum atomic E-state index is 13.4. The predicted molar refractivity (Wildman–Crippen MR) is 139 cm³/mol. The summed E-state index contributed by atoms with van der Waals surface area (Å²) in [6.07, 6.45) is 4.79. The molecule has 1 aromatic carbocycles. The van der Waals surface area contributed by atoms with Crippen LogP contribution in [0.3, 0.4) is 0 Å². The smallest absolute Gasteiger partial charge is 0.325 e. The number of hydrogen-bond donors (Lipinski definition) is 2. The van der Waals surface area contributed by atoms with Crippen LogP contribution in [0, 0.1) is 5.92 Å². The topological polar surface area (TPSA) is 121 Å². The second kappa shape index (κ2) is 13.1. The number of hydrogen-bond acceptors (Lipinski definition) is 7. The molecule has 10 heteroatoms. The molecule has 1 aromatic heterocycles. The molecule has 2 N–H and O–H groups in total. The summed E-state index contributed by atoms with van der Waals surface area (Å²) < 4.78 is 17.7. The van der Waals surface area contributed by atoms with E-state index in [0.717, 1.165) is 36.9 Å². The molecule has 1 heterocycles. The third kappa shape index (κ3) is 7.24. The van der Waals surface area contributed by atoms with E-state index in [-0.39, 0.29) is 42.4 Å². The Labute approximate surface area is 218 Å². The van der Waals surface area contributed by atoms with Gasteiger partial charge in [-0.25, -0.2) is 0 Å². The van der Waals surface area contributed by atoms with Crippen molar-refractivity contribution in [1.29, 1.82) is 0 Å². The maximum absolute atomic E-state index is 13.4. The largest absolute Gasteiger partial charge is 0.496 e. The average molecular weight is 515 g/mol. The summed E-state index contributed by atoms with van der Waals surface area (Å²) in [5.41, 5.74) is 1.76. The number of carbonyl (C=O) groups is 3. The molecule has 0 radical (unpaired) electrons. The first-order valence-corrected chi connectivity index (χ1v) is 12.7. The summed E-state index contributed by atoms with van der Waals surface area (Å²) in [5.74, 6) is 0.263. The highest BCUT2D eigenvalue weighted by atomic mass is 16.5. The van der Waals surface area contributed by atoms with E-state index in [1.165, 1.54) is 7.11 Å². The van der Waals surface area contributed by atoms with E-state index >= 15 is 0 Å². The van der Waals surface area contributed by atoms with E-state index < -0.39 is 12.0 Å². The lowest BCUT2D eigenvalue weighted by Gasteiger charge is -2.20. The van der Waals surface area contributed by atoms with Gasteiger partial charge in [-0.1, -0.05) is 32.8 Å².